The van der Waals surface area contributed by atoms with Gasteiger partial charge in [-0.3, -0.25) is 14.7 Å². The molecule has 7 heteroatoms. The summed E-state index contributed by atoms with van der Waals surface area (Å²) in [5.74, 6) is -0.0741. The van der Waals surface area contributed by atoms with Crippen molar-refractivity contribution in [3.05, 3.63) is 70.9 Å². The van der Waals surface area contributed by atoms with Gasteiger partial charge in [-0.05, 0) is 55.7 Å². The van der Waals surface area contributed by atoms with Gasteiger partial charge in [0, 0.05) is 18.5 Å². The van der Waals surface area contributed by atoms with E-state index < -0.39 is 0 Å². The third-order valence-corrected chi connectivity index (χ3v) is 5.41. The zero-order valence-electron chi connectivity index (χ0n) is 15.3. The number of thiazole rings is 1. The summed E-state index contributed by atoms with van der Waals surface area (Å²) in [5.41, 5.74) is 4.84. The van der Waals surface area contributed by atoms with Gasteiger partial charge in [-0.2, -0.15) is 0 Å². The van der Waals surface area contributed by atoms with Gasteiger partial charge in [0.25, 0.3) is 5.91 Å². The average Bonchev–Trinajstić information content (AvgIpc) is 3.26. The summed E-state index contributed by atoms with van der Waals surface area (Å²) in [6.07, 6.45) is 3.45. The molecule has 1 aromatic carbocycles. The topological polar surface area (TPSA) is 72.1 Å². The lowest BCUT2D eigenvalue weighted by Gasteiger charge is -2.18. The molecule has 0 atom stereocenters. The van der Waals surface area contributed by atoms with Crippen LogP contribution in [0.1, 0.15) is 32.9 Å². The molecule has 6 nitrogen and oxygen atoms in total. The van der Waals surface area contributed by atoms with Crippen molar-refractivity contribution in [2.45, 2.75) is 27.3 Å². The van der Waals surface area contributed by atoms with Crippen molar-refractivity contribution in [2.75, 3.05) is 4.90 Å². The number of benzene rings is 1. The molecule has 27 heavy (non-hydrogen) atoms. The Morgan fingerprint density at radius 3 is 2.70 bits per heavy atom. The molecular formula is C20H18N4O2S. The Morgan fingerprint density at radius 2 is 2.00 bits per heavy atom. The third kappa shape index (κ3) is 3.46. The highest BCUT2D eigenvalue weighted by Crippen LogP contribution is 2.32. The number of hydrogen-bond acceptors (Lipinski definition) is 6. The predicted molar refractivity (Wildman–Crippen MR) is 105 cm³/mol. The highest BCUT2D eigenvalue weighted by molar-refractivity contribution is 7.22. The van der Waals surface area contributed by atoms with E-state index in [9.17, 15) is 4.79 Å². The first-order valence-electron chi connectivity index (χ1n) is 8.53. The first-order chi connectivity index (χ1) is 13.0. The first-order valence-corrected chi connectivity index (χ1v) is 9.35. The summed E-state index contributed by atoms with van der Waals surface area (Å²) < 4.78 is 6.25. The second-order valence-electron chi connectivity index (χ2n) is 6.49. The quantitative estimate of drug-likeness (QED) is 0.524. The van der Waals surface area contributed by atoms with Gasteiger partial charge in [0.15, 0.2) is 5.13 Å². The number of aromatic nitrogens is 3. The average molecular weight is 378 g/mol. The van der Waals surface area contributed by atoms with Crippen LogP contribution in [0.2, 0.25) is 0 Å². The number of aryl methyl sites for hydroxylation is 3. The van der Waals surface area contributed by atoms with Gasteiger partial charge in [-0.1, -0.05) is 22.6 Å². The Hall–Kier alpha value is -3.06. The van der Waals surface area contributed by atoms with Gasteiger partial charge in [-0.25, -0.2) is 4.98 Å². The number of pyridine rings is 1. The van der Waals surface area contributed by atoms with Crippen LogP contribution >= 0.6 is 11.3 Å². The van der Waals surface area contributed by atoms with Crippen LogP contribution in [0.15, 0.2) is 47.2 Å². The van der Waals surface area contributed by atoms with Crippen molar-refractivity contribution in [3.63, 3.8) is 0 Å². The van der Waals surface area contributed by atoms with Crippen molar-refractivity contribution in [1.82, 2.24) is 15.1 Å². The van der Waals surface area contributed by atoms with Crippen LogP contribution in [0.3, 0.4) is 0 Å². The van der Waals surface area contributed by atoms with E-state index in [1.54, 1.807) is 30.3 Å². The van der Waals surface area contributed by atoms with Crippen molar-refractivity contribution >= 4 is 32.6 Å². The van der Waals surface area contributed by atoms with Crippen LogP contribution in [-0.2, 0) is 6.54 Å². The molecule has 0 bridgehead atoms. The number of carbonyl (C=O) groups is 1. The van der Waals surface area contributed by atoms with Crippen LogP contribution in [0.5, 0.6) is 0 Å². The highest BCUT2D eigenvalue weighted by atomic mass is 32.1. The van der Waals surface area contributed by atoms with Gasteiger partial charge in [-0.15, -0.1) is 0 Å². The number of rotatable bonds is 4. The Morgan fingerprint density at radius 1 is 1.19 bits per heavy atom. The lowest BCUT2D eigenvalue weighted by Crippen LogP contribution is -2.30. The molecule has 1 amide bonds. The fourth-order valence-electron chi connectivity index (χ4n) is 2.78. The fourth-order valence-corrected chi connectivity index (χ4v) is 3.82. The maximum absolute atomic E-state index is 13.1. The molecule has 0 N–H and O–H groups in total. The van der Waals surface area contributed by atoms with E-state index in [1.807, 2.05) is 12.1 Å². The number of nitrogens with zero attached hydrogens (tertiary/aromatic N) is 4. The zero-order chi connectivity index (χ0) is 19.0. The van der Waals surface area contributed by atoms with Crippen LogP contribution in [0.25, 0.3) is 10.2 Å². The van der Waals surface area contributed by atoms with Gasteiger partial charge in [0.1, 0.15) is 0 Å². The minimum atomic E-state index is -0.271. The SMILES string of the molecule is Cc1cc(C(=O)N(Cc2cccnc2)c2nc3cc(C)c(C)cc3s2)on1. The molecule has 0 saturated heterocycles. The van der Waals surface area contributed by atoms with Crippen molar-refractivity contribution in [1.29, 1.82) is 0 Å². The van der Waals surface area contributed by atoms with Gasteiger partial charge in [0.2, 0.25) is 5.76 Å². The largest absolute Gasteiger partial charge is 0.351 e. The molecule has 0 saturated carbocycles. The lowest BCUT2D eigenvalue weighted by molar-refractivity contribution is 0.0949. The van der Waals surface area contributed by atoms with Crippen molar-refractivity contribution in [3.8, 4) is 0 Å². The molecule has 4 aromatic rings. The molecule has 0 unspecified atom stereocenters. The molecule has 4 rings (SSSR count). The van der Waals surface area contributed by atoms with E-state index in [0.29, 0.717) is 17.4 Å². The summed E-state index contributed by atoms with van der Waals surface area (Å²) in [6.45, 7) is 6.27. The number of amides is 1. The maximum Gasteiger partial charge on any atom is 0.298 e. The molecule has 0 fully saturated rings. The minimum Gasteiger partial charge on any atom is -0.351 e. The molecule has 136 valence electrons. The molecule has 3 heterocycles. The van der Waals surface area contributed by atoms with E-state index in [4.69, 9.17) is 9.51 Å². The number of hydrogen-bond donors (Lipinski definition) is 0. The van der Waals surface area contributed by atoms with Crippen LogP contribution in [0, 0.1) is 20.8 Å². The summed E-state index contributed by atoms with van der Waals surface area (Å²) in [7, 11) is 0. The summed E-state index contributed by atoms with van der Waals surface area (Å²) in [5, 5.41) is 4.46. The van der Waals surface area contributed by atoms with Crippen molar-refractivity contribution < 1.29 is 9.32 Å². The predicted octanol–water partition coefficient (Wildman–Crippen LogP) is 4.45. The molecule has 0 aliphatic heterocycles. The second kappa shape index (κ2) is 6.92. The number of anilines is 1. The summed E-state index contributed by atoms with van der Waals surface area (Å²) in [6, 6.07) is 9.58. The van der Waals surface area contributed by atoms with E-state index in [2.05, 4.69) is 36.1 Å². The van der Waals surface area contributed by atoms with E-state index in [1.165, 1.54) is 22.5 Å². The summed E-state index contributed by atoms with van der Waals surface area (Å²) in [4.78, 5) is 23.6. The smallest absolute Gasteiger partial charge is 0.298 e. The van der Waals surface area contributed by atoms with Crippen LogP contribution in [-0.4, -0.2) is 21.0 Å². The fraction of sp³-hybridized carbons (Fsp3) is 0.200. The van der Waals surface area contributed by atoms with E-state index >= 15 is 0 Å². The summed E-state index contributed by atoms with van der Waals surface area (Å²) >= 11 is 1.49. The third-order valence-electron chi connectivity index (χ3n) is 4.37. The maximum atomic E-state index is 13.1. The zero-order valence-corrected chi connectivity index (χ0v) is 16.1. The molecule has 3 aromatic heterocycles. The Labute approximate surface area is 160 Å². The van der Waals surface area contributed by atoms with Crippen LogP contribution in [0.4, 0.5) is 5.13 Å². The molecule has 0 radical (unpaired) electrons. The molecular weight excluding hydrogens is 360 g/mol. The second-order valence-corrected chi connectivity index (χ2v) is 7.49. The normalized spacial score (nSPS) is 11.1. The molecule has 0 spiro atoms. The minimum absolute atomic E-state index is 0.197. The van der Waals surface area contributed by atoms with Crippen LogP contribution < -0.4 is 4.90 Å². The Balaban J connectivity index is 1.78. The first kappa shape index (κ1) is 17.4. The van der Waals surface area contributed by atoms with E-state index in [0.717, 1.165) is 15.8 Å². The Bertz CT molecular complexity index is 1080. The van der Waals surface area contributed by atoms with Gasteiger partial charge < -0.3 is 4.52 Å². The van der Waals surface area contributed by atoms with E-state index in [-0.39, 0.29) is 11.7 Å². The van der Waals surface area contributed by atoms with Crippen molar-refractivity contribution in [2.24, 2.45) is 0 Å². The lowest BCUT2D eigenvalue weighted by atomic mass is 10.1. The standard InChI is InChI=1S/C20H18N4O2S/c1-12-7-16-18(8-13(12)2)27-20(22-16)24(11-15-5-4-6-21-10-15)19(25)17-9-14(3)23-26-17/h4-10H,11H2,1-3H3. The number of fused-ring (bicyclic) bond motifs is 1. The Kier molecular flexibility index (Phi) is 4.45. The molecule has 0 aliphatic carbocycles. The van der Waals surface area contributed by atoms with Gasteiger partial charge in [0.05, 0.1) is 22.5 Å². The number of carbonyl (C=O) groups excluding carboxylic acids is 1. The van der Waals surface area contributed by atoms with Gasteiger partial charge >= 0.3 is 0 Å². The molecule has 0 aliphatic rings. The monoisotopic (exact) mass is 378 g/mol. The highest BCUT2D eigenvalue weighted by Gasteiger charge is 2.25.